The number of likely N-dealkylation sites (N-methyl/N-ethyl adjacent to an activating group) is 1. The van der Waals surface area contributed by atoms with E-state index in [1.807, 2.05) is 46.9 Å². The third kappa shape index (κ3) is 15.2. The van der Waals surface area contributed by atoms with E-state index in [1.54, 1.807) is 84.0 Å². The predicted molar refractivity (Wildman–Crippen MR) is 272 cm³/mol. The molecule has 0 unspecified atom stereocenters. The molecule has 3 amide bonds. The first-order valence-electron chi connectivity index (χ1n) is 22.9. The Labute approximate surface area is 427 Å². The maximum absolute atomic E-state index is 15.1. The number of nitrogens with one attached hydrogen (secondary N) is 2. The van der Waals surface area contributed by atoms with E-state index < -0.39 is 70.9 Å². The molecule has 5 rings (SSSR count). The first kappa shape index (κ1) is 54.9. The van der Waals surface area contributed by atoms with Crippen molar-refractivity contribution in [3.8, 4) is 33.8 Å². The van der Waals surface area contributed by atoms with E-state index in [1.165, 1.54) is 38.1 Å². The molecule has 0 aromatic heterocycles. The maximum atomic E-state index is 15.1. The van der Waals surface area contributed by atoms with Crippen LogP contribution in [-0.4, -0.2) is 89.6 Å². The highest BCUT2D eigenvalue weighted by molar-refractivity contribution is 14.1. The van der Waals surface area contributed by atoms with Gasteiger partial charge >= 0.3 is 18.2 Å². The zero-order valence-corrected chi connectivity index (χ0v) is 43.8. The highest BCUT2D eigenvalue weighted by Gasteiger charge is 2.37. The summed E-state index contributed by atoms with van der Waals surface area (Å²) in [7, 11) is 2.63. The van der Waals surface area contributed by atoms with Crippen LogP contribution in [-0.2, 0) is 39.8 Å². The van der Waals surface area contributed by atoms with E-state index in [4.69, 9.17) is 30.5 Å². The minimum absolute atomic E-state index is 0.0335. The average molecular weight is 1090 g/mol. The fourth-order valence-corrected chi connectivity index (χ4v) is 8.72. The van der Waals surface area contributed by atoms with Crippen molar-refractivity contribution >= 4 is 75.8 Å². The van der Waals surface area contributed by atoms with E-state index >= 15 is 4.79 Å². The molecule has 1 aliphatic rings. The van der Waals surface area contributed by atoms with Crippen molar-refractivity contribution in [1.82, 2.24) is 15.5 Å². The summed E-state index contributed by atoms with van der Waals surface area (Å²) in [5.41, 5.74) is 1.54. The van der Waals surface area contributed by atoms with Gasteiger partial charge in [-0.2, -0.15) is 0 Å². The van der Waals surface area contributed by atoms with Crippen LogP contribution in [0.1, 0.15) is 108 Å². The second-order valence-corrected chi connectivity index (χ2v) is 20.9. The van der Waals surface area contributed by atoms with Crippen molar-refractivity contribution < 1.29 is 57.6 Å². The SMILES string of the molecule is COC(=O)[C@@H]1Cc2ccc(OC(=O)OC(C)(C)C)c(c2)-c2cc(cc(I)c2O)[C@H](N(C)C(=O)[C@H](CCCCNC(=O)OC(C)(C)C)CC(=O)c2ccc(-c3ccc(Cl)cc3)cc2)C(=O)C[C@@H](C)C(=O)N1. The number of fused-ring (bicyclic) bond motifs is 5. The van der Waals surface area contributed by atoms with Crippen molar-refractivity contribution in [1.29, 1.82) is 0 Å². The highest BCUT2D eigenvalue weighted by Crippen LogP contribution is 2.43. The van der Waals surface area contributed by atoms with Gasteiger partial charge in [0.25, 0.3) is 0 Å². The van der Waals surface area contributed by atoms with Gasteiger partial charge in [0.2, 0.25) is 11.8 Å². The third-order valence-corrected chi connectivity index (χ3v) is 12.4. The fourth-order valence-electron chi connectivity index (χ4n) is 7.95. The Bertz CT molecular complexity index is 2590. The van der Waals surface area contributed by atoms with Gasteiger partial charge in [-0.3, -0.25) is 19.2 Å². The van der Waals surface area contributed by atoms with Gasteiger partial charge in [0.1, 0.15) is 34.8 Å². The maximum Gasteiger partial charge on any atom is 0.514 e. The zero-order chi connectivity index (χ0) is 51.7. The third-order valence-electron chi connectivity index (χ3n) is 11.4. The minimum atomic E-state index is -1.38. The van der Waals surface area contributed by atoms with Crippen LogP contribution in [0.4, 0.5) is 9.59 Å². The average Bonchev–Trinajstić information content (AvgIpc) is 3.28. The van der Waals surface area contributed by atoms with E-state index in [2.05, 4.69) is 10.6 Å². The monoisotopic (exact) mass is 1090 g/mol. The fraction of sp³-hybridized carbons (Fsp3) is 0.415. The van der Waals surface area contributed by atoms with Gasteiger partial charge in [0.05, 0.1) is 10.7 Å². The number of halogens is 2. The van der Waals surface area contributed by atoms with Gasteiger partial charge in [-0.05, 0) is 136 Å². The number of unbranched alkanes of at least 4 members (excludes halogenated alkanes) is 1. The van der Waals surface area contributed by atoms with Crippen molar-refractivity contribution in [3.05, 3.63) is 104 Å². The summed E-state index contributed by atoms with van der Waals surface area (Å²) in [6.45, 7) is 12.0. The lowest BCUT2D eigenvalue weighted by molar-refractivity contribution is -0.146. The first-order chi connectivity index (χ1) is 32.8. The summed E-state index contributed by atoms with van der Waals surface area (Å²) in [5.74, 6) is -5.01. The van der Waals surface area contributed by atoms with Crippen LogP contribution in [0.25, 0.3) is 22.3 Å². The second kappa shape index (κ2) is 23.7. The number of ketones is 2. The molecular formula is C53H61ClIN3O12. The van der Waals surface area contributed by atoms with Crippen molar-refractivity contribution in [2.45, 2.75) is 110 Å². The van der Waals surface area contributed by atoms with Crippen molar-refractivity contribution in [2.24, 2.45) is 11.8 Å². The summed E-state index contributed by atoms with van der Waals surface area (Å²) < 4.78 is 21.8. The van der Waals surface area contributed by atoms with E-state index in [0.29, 0.717) is 29.0 Å². The molecule has 1 aliphatic heterocycles. The number of ether oxygens (including phenoxy) is 4. The molecule has 0 saturated carbocycles. The Morgan fingerprint density at radius 2 is 1.49 bits per heavy atom. The lowest BCUT2D eigenvalue weighted by Crippen LogP contribution is -2.46. The lowest BCUT2D eigenvalue weighted by atomic mass is 9.88. The lowest BCUT2D eigenvalue weighted by Gasteiger charge is -2.32. The standard InChI is InChI=1S/C53H61ClIN3O12/c1-30-24-43(60)45(36-27-39(46(61)40(55)28-36)38-25-31(26-41(49(64)67-9)57-47(30)62)13-22-44(38)68-51(66)70-53(5,6)7)58(8)48(63)35(12-10-11-23-56-50(65)69-52(2,3)4)29-42(59)34-16-14-32(15-17-34)33-18-20-37(54)21-19-33/h13-22,25,27-28,30,35,41,45,61H,10-12,23-24,26,29H2,1-9H3,(H,56,65)(H,57,62)/t30-,35-,41+,45+/m1/s1. The summed E-state index contributed by atoms with van der Waals surface area (Å²) in [6.07, 6.45) is -1.28. The molecule has 0 saturated heterocycles. The number of phenolic OH excluding ortho intramolecular Hbond substituents is 1. The normalized spacial score (nSPS) is 16.7. The number of esters is 1. The van der Waals surface area contributed by atoms with Gasteiger partial charge in [0, 0.05) is 66.4 Å². The van der Waals surface area contributed by atoms with Crippen LogP contribution in [0, 0.1) is 15.4 Å². The number of alkyl carbamates (subject to hydrolysis) is 1. The molecule has 0 aliphatic carbocycles. The van der Waals surface area contributed by atoms with Gasteiger partial charge in [-0.15, -0.1) is 0 Å². The van der Waals surface area contributed by atoms with Gasteiger partial charge in [-0.25, -0.2) is 14.4 Å². The van der Waals surface area contributed by atoms with Crippen LogP contribution >= 0.6 is 34.2 Å². The Morgan fingerprint density at radius 1 is 0.857 bits per heavy atom. The molecule has 17 heteroatoms. The Morgan fingerprint density at radius 3 is 2.10 bits per heavy atom. The van der Waals surface area contributed by atoms with Crippen molar-refractivity contribution in [3.63, 3.8) is 0 Å². The van der Waals surface area contributed by atoms with Crippen LogP contribution < -0.4 is 15.4 Å². The number of rotatable bonds is 13. The molecule has 4 aromatic carbocycles. The Hall–Kier alpha value is -6.01. The Balaban J connectivity index is 1.57. The summed E-state index contributed by atoms with van der Waals surface area (Å²) >= 11 is 8.00. The highest BCUT2D eigenvalue weighted by atomic mass is 127. The number of amides is 3. The molecule has 0 radical (unpaired) electrons. The first-order valence-corrected chi connectivity index (χ1v) is 24.4. The molecule has 374 valence electrons. The largest absolute Gasteiger partial charge is 0.514 e. The molecule has 4 aromatic rings. The molecule has 0 spiro atoms. The molecule has 0 fully saturated rings. The number of benzene rings is 4. The van der Waals surface area contributed by atoms with E-state index in [-0.39, 0.29) is 69.8 Å². The number of hydrogen-bond acceptors (Lipinski definition) is 12. The van der Waals surface area contributed by atoms with E-state index in [9.17, 15) is 33.9 Å². The molecule has 15 nitrogen and oxygen atoms in total. The number of methoxy groups -OCH3 is 1. The number of Topliss-reactive ketones (excluding diaryl/α,β-unsaturated/α-hetero) is 2. The smallest absolute Gasteiger partial charge is 0.506 e. The summed E-state index contributed by atoms with van der Waals surface area (Å²) in [5, 5.41) is 17.8. The van der Waals surface area contributed by atoms with Crippen molar-refractivity contribution in [2.75, 3.05) is 20.7 Å². The number of nitrogens with zero attached hydrogens (tertiary/aromatic N) is 1. The van der Waals surface area contributed by atoms with Gasteiger partial charge in [0.15, 0.2) is 11.6 Å². The van der Waals surface area contributed by atoms with Crippen LogP contribution in [0.5, 0.6) is 11.5 Å². The second-order valence-electron chi connectivity index (χ2n) is 19.3. The number of carbonyl (C=O) groups is 7. The molecule has 3 N–H and O–H groups in total. The topological polar surface area (TPSA) is 204 Å². The number of carbonyl (C=O) groups excluding carboxylic acids is 7. The molecule has 4 bridgehead atoms. The molecule has 70 heavy (non-hydrogen) atoms. The van der Waals surface area contributed by atoms with Gasteiger partial charge in [-0.1, -0.05) is 67.4 Å². The number of phenols is 1. The van der Waals surface area contributed by atoms with Crippen LogP contribution in [0.3, 0.4) is 0 Å². The zero-order valence-electron chi connectivity index (χ0n) is 40.9. The summed E-state index contributed by atoms with van der Waals surface area (Å²) in [4.78, 5) is 97.7. The predicted octanol–water partition coefficient (Wildman–Crippen LogP) is 10.2. The Kier molecular flexibility index (Phi) is 18.6. The number of hydrogen-bond donors (Lipinski definition) is 3. The van der Waals surface area contributed by atoms with Crippen LogP contribution in [0.2, 0.25) is 5.02 Å². The minimum Gasteiger partial charge on any atom is -0.506 e. The molecule has 1 heterocycles. The van der Waals surface area contributed by atoms with E-state index in [0.717, 1.165) is 11.1 Å². The molecular weight excluding hydrogens is 1030 g/mol. The molecule has 4 atom stereocenters. The quantitative estimate of drug-likeness (QED) is 0.0286. The number of aromatic hydroxyl groups is 1. The van der Waals surface area contributed by atoms with Gasteiger partial charge < -0.3 is 39.6 Å². The van der Waals surface area contributed by atoms with Crippen LogP contribution in [0.15, 0.2) is 78.9 Å². The summed E-state index contributed by atoms with van der Waals surface area (Å²) in [6, 6.07) is 19.4.